The topological polar surface area (TPSA) is 93.1 Å². The third-order valence-electron chi connectivity index (χ3n) is 3.54. The van der Waals surface area contributed by atoms with E-state index in [2.05, 4.69) is 10.2 Å². The Bertz CT molecular complexity index is 328. The van der Waals surface area contributed by atoms with Gasteiger partial charge in [-0.25, -0.2) is 9.59 Å². The summed E-state index contributed by atoms with van der Waals surface area (Å²) in [6.45, 7) is 2.05. The molecule has 20 heavy (non-hydrogen) atoms. The van der Waals surface area contributed by atoms with E-state index >= 15 is 0 Å². The molecule has 1 fully saturated rings. The summed E-state index contributed by atoms with van der Waals surface area (Å²) in [6, 6.07) is -1.37. The number of urea groups is 1. The predicted molar refractivity (Wildman–Crippen MR) is 74.5 cm³/mol. The zero-order valence-electron chi connectivity index (χ0n) is 12.2. The second-order valence-corrected chi connectivity index (χ2v) is 5.55. The molecule has 1 aliphatic rings. The molecule has 2 amide bonds. The summed E-state index contributed by atoms with van der Waals surface area (Å²) in [7, 11) is 4.07. The molecule has 7 nitrogen and oxygen atoms in total. The standard InChI is InChI=1S/C13H25N3O4/c1-15(2)9-10-3-6-16(7-4-10)13(20)14-11(5-8-17)12(18)19/h10-11,17H,3-9H2,1-2H3,(H,14,20)(H,18,19). The average molecular weight is 287 g/mol. The Hall–Kier alpha value is -1.34. The van der Waals surface area contributed by atoms with Crippen LogP contribution in [0.25, 0.3) is 0 Å². The van der Waals surface area contributed by atoms with Crippen LogP contribution < -0.4 is 5.32 Å². The van der Waals surface area contributed by atoms with Crippen molar-refractivity contribution in [3.8, 4) is 0 Å². The van der Waals surface area contributed by atoms with Gasteiger partial charge in [-0.1, -0.05) is 0 Å². The number of rotatable bonds is 6. The Morgan fingerprint density at radius 2 is 1.95 bits per heavy atom. The number of nitrogens with one attached hydrogen (secondary N) is 1. The van der Waals surface area contributed by atoms with Crippen molar-refractivity contribution in [3.05, 3.63) is 0 Å². The normalized spacial score (nSPS) is 18.1. The van der Waals surface area contributed by atoms with Crippen LogP contribution in [-0.2, 0) is 4.79 Å². The lowest BCUT2D eigenvalue weighted by atomic mass is 9.96. The molecule has 0 aliphatic carbocycles. The highest BCUT2D eigenvalue weighted by molar-refractivity contribution is 5.82. The number of carboxylic acids is 1. The number of hydrogen-bond acceptors (Lipinski definition) is 4. The highest BCUT2D eigenvalue weighted by atomic mass is 16.4. The number of nitrogens with zero attached hydrogens (tertiary/aromatic N) is 2. The van der Waals surface area contributed by atoms with E-state index in [-0.39, 0.29) is 19.1 Å². The molecule has 0 aromatic heterocycles. The van der Waals surface area contributed by atoms with Gasteiger partial charge in [0.05, 0.1) is 0 Å². The molecule has 0 bridgehead atoms. The second kappa shape index (κ2) is 8.06. The third-order valence-corrected chi connectivity index (χ3v) is 3.54. The molecule has 116 valence electrons. The first-order valence-corrected chi connectivity index (χ1v) is 6.98. The minimum Gasteiger partial charge on any atom is -0.480 e. The number of amides is 2. The fourth-order valence-electron chi connectivity index (χ4n) is 2.46. The molecule has 0 aromatic carbocycles. The van der Waals surface area contributed by atoms with Crippen molar-refractivity contribution in [2.24, 2.45) is 5.92 Å². The van der Waals surface area contributed by atoms with Gasteiger partial charge in [-0.2, -0.15) is 0 Å². The average Bonchev–Trinajstić information content (AvgIpc) is 2.38. The van der Waals surface area contributed by atoms with Crippen LogP contribution >= 0.6 is 0 Å². The van der Waals surface area contributed by atoms with Gasteiger partial charge in [0, 0.05) is 32.7 Å². The summed E-state index contributed by atoms with van der Waals surface area (Å²) < 4.78 is 0. The van der Waals surface area contributed by atoms with Crippen molar-refractivity contribution in [2.75, 3.05) is 40.3 Å². The first kappa shape index (κ1) is 16.7. The monoisotopic (exact) mass is 287 g/mol. The maximum absolute atomic E-state index is 12.0. The largest absolute Gasteiger partial charge is 0.480 e. The van der Waals surface area contributed by atoms with Gasteiger partial charge in [-0.05, 0) is 32.9 Å². The van der Waals surface area contributed by atoms with Crippen LogP contribution in [0.15, 0.2) is 0 Å². The number of carboxylic acid groups (broad SMARTS) is 1. The van der Waals surface area contributed by atoms with E-state index in [1.54, 1.807) is 4.90 Å². The number of carbonyl (C=O) groups excluding carboxylic acids is 1. The molecule has 0 saturated carbocycles. The number of piperidine rings is 1. The Balaban J connectivity index is 2.40. The number of likely N-dealkylation sites (tertiary alicyclic amines) is 1. The van der Waals surface area contributed by atoms with E-state index in [0.29, 0.717) is 19.0 Å². The molecule has 1 atom stereocenters. The maximum Gasteiger partial charge on any atom is 0.326 e. The lowest BCUT2D eigenvalue weighted by molar-refractivity contribution is -0.139. The number of aliphatic carboxylic acids is 1. The minimum absolute atomic E-state index is 0.0260. The van der Waals surface area contributed by atoms with Gasteiger partial charge in [0.1, 0.15) is 6.04 Å². The zero-order chi connectivity index (χ0) is 15.1. The van der Waals surface area contributed by atoms with Crippen molar-refractivity contribution < 1.29 is 19.8 Å². The van der Waals surface area contributed by atoms with E-state index < -0.39 is 12.0 Å². The van der Waals surface area contributed by atoms with Crippen LogP contribution in [0.1, 0.15) is 19.3 Å². The van der Waals surface area contributed by atoms with E-state index in [1.165, 1.54) is 0 Å². The van der Waals surface area contributed by atoms with Crippen molar-refractivity contribution in [1.29, 1.82) is 0 Å². The summed E-state index contributed by atoms with van der Waals surface area (Å²) in [4.78, 5) is 26.7. The highest BCUT2D eigenvalue weighted by Gasteiger charge is 2.26. The summed E-state index contributed by atoms with van der Waals surface area (Å²) in [5, 5.41) is 20.2. The van der Waals surface area contributed by atoms with Crippen LogP contribution in [0, 0.1) is 5.92 Å². The third kappa shape index (κ3) is 5.34. The number of aliphatic hydroxyl groups is 1. The van der Waals surface area contributed by atoms with Crippen LogP contribution in [-0.4, -0.2) is 78.4 Å². The highest BCUT2D eigenvalue weighted by Crippen LogP contribution is 2.17. The SMILES string of the molecule is CN(C)CC1CCN(C(=O)NC(CCO)C(=O)O)CC1. The number of carbonyl (C=O) groups is 2. The first-order chi connectivity index (χ1) is 9.43. The zero-order valence-corrected chi connectivity index (χ0v) is 12.2. The van der Waals surface area contributed by atoms with E-state index in [1.807, 2.05) is 14.1 Å². The summed E-state index contributed by atoms with van der Waals surface area (Å²) in [5.41, 5.74) is 0. The van der Waals surface area contributed by atoms with E-state index in [4.69, 9.17) is 10.2 Å². The Morgan fingerprint density at radius 3 is 2.40 bits per heavy atom. The Kier molecular flexibility index (Phi) is 6.74. The Morgan fingerprint density at radius 1 is 1.35 bits per heavy atom. The second-order valence-electron chi connectivity index (χ2n) is 5.55. The van der Waals surface area contributed by atoms with E-state index in [0.717, 1.165) is 19.4 Å². The summed E-state index contributed by atoms with van der Waals surface area (Å²) in [6.07, 6.45) is 1.89. The molecule has 0 spiro atoms. The van der Waals surface area contributed by atoms with Crippen molar-refractivity contribution in [1.82, 2.24) is 15.1 Å². The molecule has 0 radical (unpaired) electrons. The minimum atomic E-state index is -1.12. The van der Waals surface area contributed by atoms with Gasteiger partial charge in [0.25, 0.3) is 0 Å². The number of aliphatic hydroxyl groups excluding tert-OH is 1. The molecular formula is C13H25N3O4. The van der Waals surface area contributed by atoms with Crippen LogP contribution in [0.2, 0.25) is 0 Å². The summed E-state index contributed by atoms with van der Waals surface area (Å²) in [5.74, 6) is -0.531. The van der Waals surface area contributed by atoms with Gasteiger partial charge >= 0.3 is 12.0 Å². The van der Waals surface area contributed by atoms with Gasteiger partial charge in [-0.15, -0.1) is 0 Å². The molecule has 1 heterocycles. The van der Waals surface area contributed by atoms with Gasteiger partial charge < -0.3 is 25.3 Å². The number of hydrogen-bond donors (Lipinski definition) is 3. The van der Waals surface area contributed by atoms with Crippen LogP contribution in [0.4, 0.5) is 4.79 Å². The smallest absolute Gasteiger partial charge is 0.326 e. The molecule has 7 heteroatoms. The quantitative estimate of drug-likeness (QED) is 0.629. The fraction of sp³-hybridized carbons (Fsp3) is 0.846. The van der Waals surface area contributed by atoms with Crippen molar-refractivity contribution in [3.63, 3.8) is 0 Å². The molecule has 1 saturated heterocycles. The molecule has 1 aliphatic heterocycles. The maximum atomic E-state index is 12.0. The Labute approximate surface area is 119 Å². The van der Waals surface area contributed by atoms with Crippen LogP contribution in [0.3, 0.4) is 0 Å². The van der Waals surface area contributed by atoms with Crippen molar-refractivity contribution >= 4 is 12.0 Å². The van der Waals surface area contributed by atoms with Crippen molar-refractivity contribution in [2.45, 2.75) is 25.3 Å². The summed E-state index contributed by atoms with van der Waals surface area (Å²) >= 11 is 0. The fourth-order valence-corrected chi connectivity index (χ4v) is 2.46. The molecule has 1 rings (SSSR count). The molecule has 3 N–H and O–H groups in total. The van der Waals surface area contributed by atoms with Crippen LogP contribution in [0.5, 0.6) is 0 Å². The molecule has 1 unspecified atom stereocenters. The molecular weight excluding hydrogens is 262 g/mol. The molecule has 0 aromatic rings. The lowest BCUT2D eigenvalue weighted by Gasteiger charge is -2.33. The van der Waals surface area contributed by atoms with Gasteiger partial charge in [-0.3, -0.25) is 0 Å². The first-order valence-electron chi connectivity index (χ1n) is 6.98. The van der Waals surface area contributed by atoms with Gasteiger partial charge in [0.15, 0.2) is 0 Å². The predicted octanol–water partition coefficient (Wildman–Crippen LogP) is -0.195. The van der Waals surface area contributed by atoms with E-state index in [9.17, 15) is 9.59 Å². The van der Waals surface area contributed by atoms with Gasteiger partial charge in [0.2, 0.25) is 0 Å². The lowest BCUT2D eigenvalue weighted by Crippen LogP contribution is -2.50.